The van der Waals surface area contributed by atoms with Crippen LogP contribution in [-0.2, 0) is 10.0 Å². The molecule has 0 radical (unpaired) electrons. The number of hydrogen-bond donors (Lipinski definition) is 1. The molecule has 0 aliphatic heterocycles. The molecule has 0 amide bonds. The van der Waals surface area contributed by atoms with E-state index >= 15 is 0 Å². The van der Waals surface area contributed by atoms with Gasteiger partial charge in [-0.05, 0) is 36.4 Å². The Bertz CT molecular complexity index is 848. The molecule has 0 fully saturated rings. The fraction of sp³-hybridized carbons (Fsp3) is 0. The molecule has 2 aromatic carbocycles. The Hall–Kier alpha value is -2.17. The van der Waals surface area contributed by atoms with Crippen LogP contribution in [0.5, 0.6) is 0 Å². The van der Waals surface area contributed by atoms with Gasteiger partial charge in [-0.2, -0.15) is 5.26 Å². The summed E-state index contributed by atoms with van der Waals surface area (Å²) in [5.74, 6) is -1.69. The summed E-state index contributed by atoms with van der Waals surface area (Å²) in [5, 5.41) is 8.81. The largest absolute Gasteiger partial charge is 0.277 e. The van der Waals surface area contributed by atoms with Crippen molar-refractivity contribution in [1.82, 2.24) is 0 Å². The molecular weight excluding hydrogens is 322 g/mol. The highest BCUT2D eigenvalue weighted by Gasteiger charge is 2.18. The lowest BCUT2D eigenvalue weighted by Crippen LogP contribution is -2.14. The summed E-state index contributed by atoms with van der Waals surface area (Å²) in [4.78, 5) is -0.352. The zero-order valence-corrected chi connectivity index (χ0v) is 11.8. The second-order valence-corrected chi connectivity index (χ2v) is 6.10. The first-order chi connectivity index (χ1) is 9.83. The Balaban J connectivity index is 2.41. The van der Waals surface area contributed by atoms with Gasteiger partial charge >= 0.3 is 0 Å². The van der Waals surface area contributed by atoms with Gasteiger partial charge in [0.25, 0.3) is 10.0 Å². The molecule has 0 heterocycles. The predicted octanol–water partition coefficient (Wildman–Crippen LogP) is 3.29. The number of benzene rings is 2. The van der Waals surface area contributed by atoms with Gasteiger partial charge in [0, 0.05) is 5.02 Å². The first-order valence-electron chi connectivity index (χ1n) is 5.51. The first-order valence-corrected chi connectivity index (χ1v) is 7.37. The van der Waals surface area contributed by atoms with Crippen molar-refractivity contribution in [2.45, 2.75) is 4.90 Å². The fourth-order valence-electron chi connectivity index (χ4n) is 1.53. The first kappa shape index (κ1) is 15.2. The molecule has 0 aromatic heterocycles. The van der Waals surface area contributed by atoms with Gasteiger partial charge in [0.1, 0.15) is 17.7 Å². The third-order valence-electron chi connectivity index (χ3n) is 2.54. The average Bonchev–Trinajstić information content (AvgIpc) is 2.42. The highest BCUT2D eigenvalue weighted by Crippen LogP contribution is 2.23. The minimum Gasteiger partial charge on any atom is -0.277 e. The van der Waals surface area contributed by atoms with Crippen LogP contribution in [0.2, 0.25) is 5.02 Å². The molecule has 2 rings (SSSR count). The standard InChI is InChI=1S/C13H7ClF2N2O2S/c14-9-1-4-13(12(16)6-9)18-21(19,20)10-2-3-11(15)8(5-10)7-17/h1-6,18H. The van der Waals surface area contributed by atoms with Crippen molar-refractivity contribution in [2.24, 2.45) is 0 Å². The molecule has 0 aliphatic carbocycles. The number of halogens is 3. The molecule has 8 heteroatoms. The third kappa shape index (κ3) is 3.29. The summed E-state index contributed by atoms with van der Waals surface area (Å²) in [5.41, 5.74) is -0.725. The van der Waals surface area contributed by atoms with Crippen LogP contribution in [0.1, 0.15) is 5.56 Å². The summed E-state index contributed by atoms with van der Waals surface area (Å²) in [6, 6.07) is 7.65. The number of nitriles is 1. The number of anilines is 1. The summed E-state index contributed by atoms with van der Waals surface area (Å²) in [6.07, 6.45) is 0. The number of rotatable bonds is 3. The molecule has 0 atom stereocenters. The van der Waals surface area contributed by atoms with Gasteiger partial charge in [-0.1, -0.05) is 11.6 Å². The quantitative estimate of drug-likeness (QED) is 0.939. The van der Waals surface area contributed by atoms with Gasteiger partial charge < -0.3 is 0 Å². The van der Waals surface area contributed by atoms with Crippen molar-refractivity contribution in [2.75, 3.05) is 4.72 Å². The number of nitrogens with one attached hydrogen (secondary N) is 1. The van der Waals surface area contributed by atoms with Crippen LogP contribution < -0.4 is 4.72 Å². The molecule has 0 unspecified atom stereocenters. The summed E-state index contributed by atoms with van der Waals surface area (Å²) < 4.78 is 52.9. The van der Waals surface area contributed by atoms with E-state index in [1.54, 1.807) is 0 Å². The van der Waals surface area contributed by atoms with Crippen molar-refractivity contribution in [3.8, 4) is 6.07 Å². The Morgan fingerprint density at radius 3 is 2.43 bits per heavy atom. The molecule has 2 aromatic rings. The molecule has 108 valence electrons. The number of nitrogens with zero attached hydrogens (tertiary/aromatic N) is 1. The van der Waals surface area contributed by atoms with Gasteiger partial charge in [0.15, 0.2) is 0 Å². The van der Waals surface area contributed by atoms with Crippen LogP contribution in [0.3, 0.4) is 0 Å². The second-order valence-electron chi connectivity index (χ2n) is 3.98. The highest BCUT2D eigenvalue weighted by atomic mass is 35.5. The predicted molar refractivity (Wildman–Crippen MR) is 73.3 cm³/mol. The Labute approximate surface area is 124 Å². The van der Waals surface area contributed by atoms with E-state index in [4.69, 9.17) is 16.9 Å². The van der Waals surface area contributed by atoms with E-state index in [0.717, 1.165) is 30.3 Å². The van der Waals surface area contributed by atoms with Crippen LogP contribution in [0.25, 0.3) is 0 Å². The Morgan fingerprint density at radius 1 is 1.10 bits per heavy atom. The minimum absolute atomic E-state index is 0.115. The van der Waals surface area contributed by atoms with Crippen LogP contribution in [0.15, 0.2) is 41.3 Å². The van der Waals surface area contributed by atoms with Gasteiger partial charge in [0.2, 0.25) is 0 Å². The Morgan fingerprint density at radius 2 is 1.81 bits per heavy atom. The highest BCUT2D eigenvalue weighted by molar-refractivity contribution is 7.92. The Kier molecular flexibility index (Phi) is 4.11. The summed E-state index contributed by atoms with van der Waals surface area (Å²) in [7, 11) is -4.15. The van der Waals surface area contributed by atoms with E-state index in [9.17, 15) is 17.2 Å². The smallest absolute Gasteiger partial charge is 0.262 e. The monoisotopic (exact) mass is 328 g/mol. The third-order valence-corrected chi connectivity index (χ3v) is 4.14. The SMILES string of the molecule is N#Cc1cc(S(=O)(=O)Nc2ccc(Cl)cc2F)ccc1F. The van der Waals surface area contributed by atoms with E-state index in [1.807, 2.05) is 4.72 Å². The molecule has 0 saturated carbocycles. The lowest BCUT2D eigenvalue weighted by Gasteiger charge is -2.09. The van der Waals surface area contributed by atoms with E-state index < -0.39 is 27.2 Å². The van der Waals surface area contributed by atoms with Crippen LogP contribution in [-0.4, -0.2) is 8.42 Å². The van der Waals surface area contributed by atoms with E-state index in [1.165, 1.54) is 12.1 Å². The van der Waals surface area contributed by atoms with Gasteiger partial charge in [-0.3, -0.25) is 4.72 Å². The maximum Gasteiger partial charge on any atom is 0.262 e. The zero-order chi connectivity index (χ0) is 15.6. The normalized spacial score (nSPS) is 11.0. The minimum atomic E-state index is -4.15. The second kappa shape index (κ2) is 5.68. The van der Waals surface area contributed by atoms with Gasteiger partial charge in [0.05, 0.1) is 16.1 Å². The van der Waals surface area contributed by atoms with Crippen molar-refractivity contribution < 1.29 is 17.2 Å². The van der Waals surface area contributed by atoms with E-state index in [2.05, 4.69) is 0 Å². The summed E-state index contributed by atoms with van der Waals surface area (Å²) >= 11 is 5.57. The maximum atomic E-state index is 13.6. The van der Waals surface area contributed by atoms with Crippen LogP contribution >= 0.6 is 11.6 Å². The van der Waals surface area contributed by atoms with E-state index in [-0.39, 0.29) is 15.6 Å². The number of sulfonamides is 1. The molecule has 0 bridgehead atoms. The molecule has 0 saturated heterocycles. The molecule has 21 heavy (non-hydrogen) atoms. The molecular formula is C13H7ClF2N2O2S. The fourth-order valence-corrected chi connectivity index (χ4v) is 2.79. The number of hydrogen-bond acceptors (Lipinski definition) is 3. The molecule has 4 nitrogen and oxygen atoms in total. The topological polar surface area (TPSA) is 70.0 Å². The average molecular weight is 329 g/mol. The van der Waals surface area contributed by atoms with Gasteiger partial charge in [-0.15, -0.1) is 0 Å². The molecule has 0 aliphatic rings. The van der Waals surface area contributed by atoms with E-state index in [0.29, 0.717) is 0 Å². The molecule has 0 spiro atoms. The van der Waals surface area contributed by atoms with Crippen LogP contribution in [0, 0.1) is 23.0 Å². The van der Waals surface area contributed by atoms with Crippen molar-refractivity contribution in [3.05, 3.63) is 58.6 Å². The summed E-state index contributed by atoms with van der Waals surface area (Å²) in [6.45, 7) is 0. The van der Waals surface area contributed by atoms with Crippen molar-refractivity contribution in [1.29, 1.82) is 5.26 Å². The lowest BCUT2D eigenvalue weighted by molar-refractivity contribution is 0.597. The van der Waals surface area contributed by atoms with Crippen LogP contribution in [0.4, 0.5) is 14.5 Å². The lowest BCUT2D eigenvalue weighted by atomic mass is 10.2. The molecule has 1 N–H and O–H groups in total. The maximum absolute atomic E-state index is 13.6. The van der Waals surface area contributed by atoms with Crippen molar-refractivity contribution in [3.63, 3.8) is 0 Å². The van der Waals surface area contributed by atoms with Crippen molar-refractivity contribution >= 4 is 27.3 Å². The zero-order valence-electron chi connectivity index (χ0n) is 10.3. The van der Waals surface area contributed by atoms with Gasteiger partial charge in [-0.25, -0.2) is 17.2 Å².